The predicted octanol–water partition coefficient (Wildman–Crippen LogP) is 1.40. The van der Waals surface area contributed by atoms with E-state index in [4.69, 9.17) is 10.4 Å². The highest BCUT2D eigenvalue weighted by molar-refractivity contribution is 5.86. The first kappa shape index (κ1) is 12.2. The summed E-state index contributed by atoms with van der Waals surface area (Å²) in [6.45, 7) is 3.99. The molecule has 0 saturated carbocycles. The molecule has 1 heterocycles. The van der Waals surface area contributed by atoms with Gasteiger partial charge in [-0.05, 0) is 12.8 Å². The highest BCUT2D eigenvalue weighted by Gasteiger charge is 2.24. The van der Waals surface area contributed by atoms with Gasteiger partial charge in [-0.15, -0.1) is 5.10 Å². The lowest BCUT2D eigenvalue weighted by molar-refractivity contribution is 0.0688. The Labute approximate surface area is 93.5 Å². The van der Waals surface area contributed by atoms with Gasteiger partial charge >= 0.3 is 5.97 Å². The number of carbonyl (C=O) groups is 1. The number of hydrogen-bond donors (Lipinski definition) is 1. The maximum Gasteiger partial charge on any atom is 0.358 e. The van der Waals surface area contributed by atoms with E-state index in [1.165, 1.54) is 4.68 Å². The van der Waals surface area contributed by atoms with E-state index in [0.717, 1.165) is 12.8 Å². The summed E-state index contributed by atoms with van der Waals surface area (Å²) < 4.78 is 1.38. The third-order valence-electron chi connectivity index (χ3n) is 2.57. The minimum Gasteiger partial charge on any atom is -0.476 e. The van der Waals surface area contributed by atoms with Crippen molar-refractivity contribution in [3.05, 3.63) is 11.4 Å². The third-order valence-corrected chi connectivity index (χ3v) is 2.57. The first-order valence-electron chi connectivity index (χ1n) is 5.19. The number of carboxylic acids is 1. The van der Waals surface area contributed by atoms with Gasteiger partial charge in [0.25, 0.3) is 0 Å². The van der Waals surface area contributed by atoms with Crippen LogP contribution in [0.25, 0.3) is 0 Å². The molecule has 1 N–H and O–H groups in total. The maximum atomic E-state index is 11.0. The zero-order chi connectivity index (χ0) is 12.1. The van der Waals surface area contributed by atoms with E-state index >= 15 is 0 Å². The van der Waals surface area contributed by atoms with Gasteiger partial charge in [-0.25, -0.2) is 9.48 Å². The molecule has 0 aliphatic heterocycles. The molecule has 0 bridgehead atoms. The number of carboxylic acid groups (broad SMARTS) is 1. The second-order valence-corrected chi connectivity index (χ2v) is 3.46. The van der Waals surface area contributed by atoms with E-state index in [1.807, 2.05) is 19.9 Å². The standard InChI is InChI=1S/C10H14N4O2/c1-3-7(4-2)9-8(10(15)16)12-13-14(9)6-5-11/h7H,3-4,6H2,1-2H3,(H,15,16). The summed E-state index contributed by atoms with van der Waals surface area (Å²) in [5, 5.41) is 24.9. The molecule has 0 saturated heterocycles. The molecule has 0 aliphatic rings. The summed E-state index contributed by atoms with van der Waals surface area (Å²) in [5.41, 5.74) is 0.517. The van der Waals surface area contributed by atoms with Gasteiger partial charge in [0.2, 0.25) is 0 Å². The summed E-state index contributed by atoms with van der Waals surface area (Å²) in [5.74, 6) is -1.01. The van der Waals surface area contributed by atoms with Gasteiger partial charge in [0.1, 0.15) is 6.54 Å². The summed E-state index contributed by atoms with van der Waals surface area (Å²) in [4.78, 5) is 11.0. The van der Waals surface area contributed by atoms with Gasteiger partial charge in [0, 0.05) is 5.92 Å². The number of hydrogen-bond acceptors (Lipinski definition) is 4. The third kappa shape index (κ3) is 2.19. The molecule has 1 aromatic rings. The van der Waals surface area contributed by atoms with Crippen molar-refractivity contribution < 1.29 is 9.90 Å². The van der Waals surface area contributed by atoms with E-state index in [1.54, 1.807) is 0 Å². The largest absolute Gasteiger partial charge is 0.476 e. The van der Waals surface area contributed by atoms with Crippen molar-refractivity contribution in [2.75, 3.05) is 0 Å². The summed E-state index contributed by atoms with van der Waals surface area (Å²) in [6.07, 6.45) is 1.60. The van der Waals surface area contributed by atoms with Gasteiger partial charge < -0.3 is 5.11 Å². The van der Waals surface area contributed by atoms with Crippen molar-refractivity contribution in [1.82, 2.24) is 15.0 Å². The van der Waals surface area contributed by atoms with Crippen LogP contribution in [0.15, 0.2) is 0 Å². The van der Waals surface area contributed by atoms with Crippen molar-refractivity contribution in [2.24, 2.45) is 0 Å². The molecular weight excluding hydrogens is 208 g/mol. The second kappa shape index (κ2) is 5.26. The van der Waals surface area contributed by atoms with Crippen LogP contribution in [0.4, 0.5) is 0 Å². The first-order valence-corrected chi connectivity index (χ1v) is 5.19. The van der Waals surface area contributed by atoms with E-state index in [-0.39, 0.29) is 18.2 Å². The molecule has 6 nitrogen and oxygen atoms in total. The van der Waals surface area contributed by atoms with Crippen LogP contribution >= 0.6 is 0 Å². The van der Waals surface area contributed by atoms with Gasteiger partial charge in [0.05, 0.1) is 11.8 Å². The highest BCUT2D eigenvalue weighted by atomic mass is 16.4. The SMILES string of the molecule is CCC(CC)c1c(C(=O)O)nnn1CC#N. The van der Waals surface area contributed by atoms with Crippen LogP contribution in [0, 0.1) is 11.3 Å². The molecule has 0 atom stereocenters. The average Bonchev–Trinajstić information content (AvgIpc) is 2.65. The molecule has 86 valence electrons. The van der Waals surface area contributed by atoms with Crippen LogP contribution < -0.4 is 0 Å². The van der Waals surface area contributed by atoms with Crippen LogP contribution in [-0.2, 0) is 6.54 Å². The van der Waals surface area contributed by atoms with E-state index in [9.17, 15) is 4.79 Å². The Balaban J connectivity index is 3.23. The average molecular weight is 222 g/mol. The van der Waals surface area contributed by atoms with Crippen LogP contribution in [0.5, 0.6) is 0 Å². The molecule has 16 heavy (non-hydrogen) atoms. The lowest BCUT2D eigenvalue weighted by Gasteiger charge is -2.13. The van der Waals surface area contributed by atoms with E-state index in [2.05, 4.69) is 10.3 Å². The van der Waals surface area contributed by atoms with Crippen molar-refractivity contribution >= 4 is 5.97 Å². The smallest absolute Gasteiger partial charge is 0.358 e. The highest BCUT2D eigenvalue weighted by Crippen LogP contribution is 2.25. The van der Waals surface area contributed by atoms with E-state index < -0.39 is 5.97 Å². The minimum absolute atomic E-state index is 0.0338. The minimum atomic E-state index is -1.09. The molecule has 0 unspecified atom stereocenters. The Bertz CT molecular complexity index is 415. The first-order chi connectivity index (χ1) is 7.65. The fourth-order valence-electron chi connectivity index (χ4n) is 1.74. The second-order valence-electron chi connectivity index (χ2n) is 3.46. The molecule has 1 rings (SSSR count). The van der Waals surface area contributed by atoms with E-state index in [0.29, 0.717) is 5.69 Å². The molecule has 6 heteroatoms. The van der Waals surface area contributed by atoms with Crippen molar-refractivity contribution in [1.29, 1.82) is 5.26 Å². The Morgan fingerprint density at radius 1 is 1.56 bits per heavy atom. The molecule has 1 aromatic heterocycles. The Kier molecular flexibility index (Phi) is 4.00. The quantitative estimate of drug-likeness (QED) is 0.813. The summed E-state index contributed by atoms with van der Waals surface area (Å²) in [7, 11) is 0. The molecule has 0 radical (unpaired) electrons. The fourth-order valence-corrected chi connectivity index (χ4v) is 1.74. The number of aromatic carboxylic acids is 1. The number of rotatable bonds is 5. The Morgan fingerprint density at radius 2 is 2.19 bits per heavy atom. The zero-order valence-corrected chi connectivity index (χ0v) is 9.34. The lowest BCUT2D eigenvalue weighted by atomic mass is 9.97. The summed E-state index contributed by atoms with van der Waals surface area (Å²) in [6, 6.07) is 1.95. The Morgan fingerprint density at radius 3 is 2.62 bits per heavy atom. The van der Waals surface area contributed by atoms with Gasteiger partial charge in [0.15, 0.2) is 5.69 Å². The van der Waals surface area contributed by atoms with Gasteiger partial charge in [-0.1, -0.05) is 19.1 Å². The topological polar surface area (TPSA) is 91.8 Å². The normalized spacial score (nSPS) is 10.4. The van der Waals surface area contributed by atoms with Crippen LogP contribution in [0.3, 0.4) is 0 Å². The van der Waals surface area contributed by atoms with Gasteiger partial charge in [-0.2, -0.15) is 5.26 Å². The summed E-state index contributed by atoms with van der Waals surface area (Å²) >= 11 is 0. The zero-order valence-electron chi connectivity index (χ0n) is 9.34. The van der Waals surface area contributed by atoms with Gasteiger partial charge in [-0.3, -0.25) is 0 Å². The van der Waals surface area contributed by atoms with Crippen molar-refractivity contribution in [2.45, 2.75) is 39.2 Å². The number of nitriles is 1. The lowest BCUT2D eigenvalue weighted by Crippen LogP contribution is -2.12. The Hall–Kier alpha value is -1.90. The van der Waals surface area contributed by atoms with Crippen molar-refractivity contribution in [3.63, 3.8) is 0 Å². The molecule has 0 aromatic carbocycles. The molecular formula is C10H14N4O2. The van der Waals surface area contributed by atoms with Crippen LogP contribution in [0.2, 0.25) is 0 Å². The molecule has 0 fully saturated rings. The number of nitrogens with zero attached hydrogens (tertiary/aromatic N) is 4. The predicted molar refractivity (Wildman–Crippen MR) is 55.9 cm³/mol. The van der Waals surface area contributed by atoms with Crippen LogP contribution in [-0.4, -0.2) is 26.1 Å². The molecule has 0 amide bonds. The number of aromatic nitrogens is 3. The monoisotopic (exact) mass is 222 g/mol. The molecule has 0 spiro atoms. The van der Waals surface area contributed by atoms with Crippen molar-refractivity contribution in [3.8, 4) is 6.07 Å². The molecule has 0 aliphatic carbocycles. The maximum absolute atomic E-state index is 11.0. The fraction of sp³-hybridized carbons (Fsp3) is 0.600. The van der Waals surface area contributed by atoms with Crippen LogP contribution in [0.1, 0.15) is 48.8 Å².